The van der Waals surface area contributed by atoms with Crippen LogP contribution in [-0.4, -0.2) is 29.1 Å². The first-order chi connectivity index (χ1) is 7.47. The highest BCUT2D eigenvalue weighted by atomic mass is 16.4. The second-order valence-corrected chi connectivity index (χ2v) is 4.11. The van der Waals surface area contributed by atoms with Gasteiger partial charge in [-0.25, -0.2) is 0 Å². The molecule has 16 heavy (non-hydrogen) atoms. The Bertz CT molecular complexity index is 231. The van der Waals surface area contributed by atoms with Crippen LogP contribution in [0, 0.1) is 0 Å². The number of nitrogens with one attached hydrogen (secondary N) is 1. The number of hydrogen-bond donors (Lipinski definition) is 3. The van der Waals surface area contributed by atoms with Crippen LogP contribution in [0.25, 0.3) is 0 Å². The van der Waals surface area contributed by atoms with E-state index >= 15 is 0 Å². The number of rotatable bonds is 8. The molecule has 0 rings (SSSR count). The minimum atomic E-state index is -1.05. The first-order valence-electron chi connectivity index (χ1n) is 5.75. The largest absolute Gasteiger partial charge is 0.481 e. The molecule has 94 valence electrons. The fraction of sp³-hybridized carbons (Fsp3) is 0.818. The fourth-order valence-electron chi connectivity index (χ4n) is 1.40. The second-order valence-electron chi connectivity index (χ2n) is 4.11. The number of carboxylic acids is 1. The highest BCUT2D eigenvalue weighted by Gasteiger charge is 2.18. The van der Waals surface area contributed by atoms with Crippen molar-refractivity contribution in [2.24, 2.45) is 5.73 Å². The van der Waals surface area contributed by atoms with Crippen LogP contribution in [0.2, 0.25) is 0 Å². The van der Waals surface area contributed by atoms with Gasteiger partial charge >= 0.3 is 5.97 Å². The van der Waals surface area contributed by atoms with Gasteiger partial charge in [-0.15, -0.1) is 0 Å². The minimum Gasteiger partial charge on any atom is -0.481 e. The van der Waals surface area contributed by atoms with Gasteiger partial charge in [-0.1, -0.05) is 26.2 Å². The van der Waals surface area contributed by atoms with Crippen molar-refractivity contribution in [1.82, 2.24) is 5.32 Å². The van der Waals surface area contributed by atoms with Gasteiger partial charge in [-0.2, -0.15) is 0 Å². The maximum Gasteiger partial charge on any atom is 0.305 e. The summed E-state index contributed by atoms with van der Waals surface area (Å²) >= 11 is 0. The van der Waals surface area contributed by atoms with Crippen LogP contribution in [0.1, 0.15) is 46.0 Å². The lowest BCUT2D eigenvalue weighted by molar-refractivity contribution is -0.139. The van der Waals surface area contributed by atoms with E-state index in [0.29, 0.717) is 0 Å². The molecule has 0 spiro atoms. The molecule has 0 aliphatic carbocycles. The van der Waals surface area contributed by atoms with Crippen molar-refractivity contribution in [3.05, 3.63) is 0 Å². The summed E-state index contributed by atoms with van der Waals surface area (Å²) in [6.45, 7) is 4.02. The molecule has 4 N–H and O–H groups in total. The third kappa shape index (κ3) is 7.23. The average molecular weight is 230 g/mol. The van der Waals surface area contributed by atoms with Crippen molar-refractivity contribution in [2.45, 2.75) is 58.0 Å². The third-order valence-corrected chi connectivity index (χ3v) is 2.36. The van der Waals surface area contributed by atoms with Gasteiger partial charge in [0.25, 0.3) is 0 Å². The molecule has 0 aromatic heterocycles. The van der Waals surface area contributed by atoms with Crippen LogP contribution in [-0.2, 0) is 9.59 Å². The van der Waals surface area contributed by atoms with Gasteiger partial charge in [0.2, 0.25) is 5.91 Å². The van der Waals surface area contributed by atoms with E-state index in [1.165, 1.54) is 0 Å². The van der Waals surface area contributed by atoms with Crippen molar-refractivity contribution in [3.63, 3.8) is 0 Å². The first-order valence-corrected chi connectivity index (χ1v) is 5.75. The molecule has 0 aliphatic rings. The smallest absolute Gasteiger partial charge is 0.305 e. The number of carbonyl (C=O) groups excluding carboxylic acids is 1. The van der Waals surface area contributed by atoms with Gasteiger partial charge in [0, 0.05) is 6.04 Å². The van der Waals surface area contributed by atoms with E-state index in [9.17, 15) is 9.59 Å². The van der Waals surface area contributed by atoms with Gasteiger partial charge in [-0.05, 0) is 13.3 Å². The SMILES string of the molecule is CCCCCC(C)NC(=O)[C@H](N)CC(=O)O. The van der Waals surface area contributed by atoms with Crippen LogP contribution in [0.4, 0.5) is 0 Å². The maximum atomic E-state index is 11.4. The molecular formula is C11H22N2O3. The zero-order valence-corrected chi connectivity index (χ0v) is 10.0. The summed E-state index contributed by atoms with van der Waals surface area (Å²) in [6.07, 6.45) is 3.92. The molecule has 0 aromatic rings. The predicted octanol–water partition coefficient (Wildman–Crippen LogP) is 0.873. The van der Waals surface area contributed by atoms with Gasteiger partial charge in [0.15, 0.2) is 0 Å². The number of unbranched alkanes of at least 4 members (excludes halogenated alkanes) is 2. The summed E-state index contributed by atoms with van der Waals surface area (Å²) in [7, 11) is 0. The molecule has 5 nitrogen and oxygen atoms in total. The van der Waals surface area contributed by atoms with Crippen molar-refractivity contribution >= 4 is 11.9 Å². The molecule has 0 radical (unpaired) electrons. The quantitative estimate of drug-likeness (QED) is 0.539. The molecule has 0 saturated carbocycles. The summed E-state index contributed by atoms with van der Waals surface area (Å²) in [6, 6.07) is -0.898. The molecule has 1 unspecified atom stereocenters. The van der Waals surface area contributed by atoms with Crippen LogP contribution in [0.15, 0.2) is 0 Å². The van der Waals surface area contributed by atoms with Crippen molar-refractivity contribution in [2.75, 3.05) is 0 Å². The Balaban J connectivity index is 3.80. The number of aliphatic carboxylic acids is 1. The average Bonchev–Trinajstić information content (AvgIpc) is 2.16. The molecule has 5 heteroatoms. The zero-order chi connectivity index (χ0) is 12.6. The molecule has 2 atom stereocenters. The number of nitrogens with two attached hydrogens (primary N) is 1. The van der Waals surface area contributed by atoms with Crippen LogP contribution >= 0.6 is 0 Å². The predicted molar refractivity (Wildman–Crippen MR) is 62.0 cm³/mol. The third-order valence-electron chi connectivity index (χ3n) is 2.36. The lowest BCUT2D eigenvalue weighted by Crippen LogP contribution is -2.45. The Hall–Kier alpha value is -1.10. The Morgan fingerprint density at radius 3 is 2.50 bits per heavy atom. The fourth-order valence-corrected chi connectivity index (χ4v) is 1.40. The summed E-state index contributed by atoms with van der Waals surface area (Å²) in [4.78, 5) is 21.8. The Labute approximate surface area is 96.4 Å². The van der Waals surface area contributed by atoms with Crippen LogP contribution < -0.4 is 11.1 Å². The highest BCUT2D eigenvalue weighted by molar-refractivity contribution is 5.86. The maximum absolute atomic E-state index is 11.4. The summed E-state index contributed by atoms with van der Waals surface area (Å²) in [5.74, 6) is -1.44. The van der Waals surface area contributed by atoms with Crippen molar-refractivity contribution in [3.8, 4) is 0 Å². The van der Waals surface area contributed by atoms with E-state index in [1.54, 1.807) is 0 Å². The van der Waals surface area contributed by atoms with Crippen molar-refractivity contribution in [1.29, 1.82) is 0 Å². The number of carboxylic acid groups (broad SMARTS) is 1. The Morgan fingerprint density at radius 2 is 2.00 bits per heavy atom. The second kappa shape index (κ2) is 8.10. The minimum absolute atomic E-state index is 0.0545. The van der Waals surface area contributed by atoms with Crippen molar-refractivity contribution < 1.29 is 14.7 Å². The standard InChI is InChI=1S/C11H22N2O3/c1-3-4-5-6-8(2)13-11(16)9(12)7-10(14)15/h8-9H,3-7,12H2,1-2H3,(H,13,16)(H,14,15)/t8?,9-/m1/s1. The molecule has 0 fully saturated rings. The van der Waals surface area contributed by atoms with E-state index in [1.807, 2.05) is 6.92 Å². The molecular weight excluding hydrogens is 208 g/mol. The lowest BCUT2D eigenvalue weighted by Gasteiger charge is -2.16. The number of amides is 1. The zero-order valence-electron chi connectivity index (χ0n) is 10.0. The monoisotopic (exact) mass is 230 g/mol. The van der Waals surface area contributed by atoms with Gasteiger partial charge < -0.3 is 16.2 Å². The van der Waals surface area contributed by atoms with Crippen LogP contribution in [0.5, 0.6) is 0 Å². The number of carbonyl (C=O) groups is 2. The highest BCUT2D eigenvalue weighted by Crippen LogP contribution is 2.03. The van der Waals surface area contributed by atoms with E-state index in [2.05, 4.69) is 12.2 Å². The number of hydrogen-bond acceptors (Lipinski definition) is 3. The summed E-state index contributed by atoms with van der Waals surface area (Å²) < 4.78 is 0. The molecule has 0 aliphatic heterocycles. The van der Waals surface area contributed by atoms with Crippen LogP contribution in [0.3, 0.4) is 0 Å². The van der Waals surface area contributed by atoms with Gasteiger partial charge in [0.1, 0.15) is 0 Å². The van der Waals surface area contributed by atoms with E-state index in [-0.39, 0.29) is 18.4 Å². The van der Waals surface area contributed by atoms with E-state index < -0.39 is 12.0 Å². The summed E-state index contributed by atoms with van der Waals surface area (Å²) in [5.41, 5.74) is 5.43. The van der Waals surface area contributed by atoms with E-state index in [0.717, 1.165) is 25.7 Å². The van der Waals surface area contributed by atoms with Gasteiger partial charge in [-0.3, -0.25) is 9.59 Å². The molecule has 0 saturated heterocycles. The first kappa shape index (κ1) is 14.9. The molecule has 0 aromatic carbocycles. The normalized spacial score (nSPS) is 14.2. The summed E-state index contributed by atoms with van der Waals surface area (Å²) in [5, 5.41) is 11.2. The molecule has 0 bridgehead atoms. The Morgan fingerprint density at radius 1 is 1.38 bits per heavy atom. The van der Waals surface area contributed by atoms with E-state index in [4.69, 9.17) is 10.8 Å². The molecule has 0 heterocycles. The topological polar surface area (TPSA) is 92.4 Å². The Kier molecular flexibility index (Phi) is 7.54. The molecule has 1 amide bonds. The lowest BCUT2D eigenvalue weighted by atomic mass is 10.1. The van der Waals surface area contributed by atoms with Gasteiger partial charge in [0.05, 0.1) is 12.5 Å².